The van der Waals surface area contributed by atoms with Gasteiger partial charge in [-0.25, -0.2) is 0 Å². The van der Waals surface area contributed by atoms with Gasteiger partial charge < -0.3 is 10.9 Å². The molecule has 0 heterocycles. The first-order chi connectivity index (χ1) is 9.91. The number of hydrogen-bond donors (Lipinski definition) is 2. The zero-order chi connectivity index (χ0) is 16.6. The Hall–Kier alpha value is -1.16. The van der Waals surface area contributed by atoms with Gasteiger partial charge in [0, 0.05) is 11.0 Å². The fourth-order valence-corrected chi connectivity index (χ4v) is 5.87. The summed E-state index contributed by atoms with van der Waals surface area (Å²) < 4.78 is 0. The fourth-order valence-electron chi connectivity index (χ4n) is 5.87. The van der Waals surface area contributed by atoms with Crippen LogP contribution in [0.3, 0.4) is 0 Å². The summed E-state index contributed by atoms with van der Waals surface area (Å²) in [5, 5.41) is 15.2. The predicted molar refractivity (Wildman–Crippen MR) is 87.4 cm³/mol. The van der Waals surface area contributed by atoms with Crippen molar-refractivity contribution < 1.29 is 9.90 Å². The van der Waals surface area contributed by atoms with Gasteiger partial charge in [0.2, 0.25) is 5.78 Å². The Morgan fingerprint density at radius 2 is 1.68 bits per heavy atom. The molecule has 0 aliphatic heterocycles. The molecule has 122 valence electrons. The van der Waals surface area contributed by atoms with Gasteiger partial charge in [0.25, 0.3) is 0 Å². The molecule has 0 spiro atoms. The van der Waals surface area contributed by atoms with E-state index in [1.807, 2.05) is 13.8 Å². The van der Waals surface area contributed by atoms with E-state index in [0.29, 0.717) is 24.1 Å². The second kappa shape index (κ2) is 4.22. The summed E-state index contributed by atoms with van der Waals surface area (Å²) in [5.41, 5.74) is 0.894. The third kappa shape index (κ3) is 2.15. The quantitative estimate of drug-likeness (QED) is 0.533. The maximum absolute atomic E-state index is 13.0. The molecule has 0 amide bonds. The molecule has 4 nitrogen and oxygen atoms in total. The smallest absolute Gasteiger partial charge is 0.208 e. The summed E-state index contributed by atoms with van der Waals surface area (Å²) >= 11 is 0. The van der Waals surface area contributed by atoms with Crippen LogP contribution in [0.4, 0.5) is 0 Å². The molecule has 1 fully saturated rings. The van der Waals surface area contributed by atoms with Gasteiger partial charge in [-0.3, -0.25) is 4.79 Å². The number of hydrogen-bond acceptors (Lipinski definition) is 4. The minimum absolute atomic E-state index is 0.0353. The largest absolute Gasteiger partial charge is 0.385 e. The highest BCUT2D eigenvalue weighted by atomic mass is 16.3. The fraction of sp³-hybridized carbons (Fsp3) is 0.778. The first-order valence-corrected chi connectivity index (χ1v) is 8.20. The second-order valence-electron chi connectivity index (χ2n) is 9.56. The summed E-state index contributed by atoms with van der Waals surface area (Å²) in [4.78, 5) is 13.0. The molecule has 3 aliphatic rings. The number of aliphatic hydroxyl groups is 1. The first-order valence-electron chi connectivity index (χ1n) is 8.20. The number of carbonyl (C=O) groups excluding carboxylic acids is 1. The third-order valence-corrected chi connectivity index (χ3v) is 5.72. The molecule has 0 aromatic rings. The van der Waals surface area contributed by atoms with Crippen molar-refractivity contribution in [2.75, 3.05) is 0 Å². The zero-order valence-corrected chi connectivity index (χ0v) is 14.4. The van der Waals surface area contributed by atoms with Gasteiger partial charge in [0.1, 0.15) is 5.71 Å². The average Bonchev–Trinajstić information content (AvgIpc) is 2.20. The van der Waals surface area contributed by atoms with Crippen molar-refractivity contribution in [3.05, 3.63) is 11.1 Å². The van der Waals surface area contributed by atoms with Gasteiger partial charge in [0.15, 0.2) is 0 Å². The molecular formula is C18H28N2O2. The van der Waals surface area contributed by atoms with E-state index in [0.717, 1.165) is 24.8 Å². The lowest BCUT2D eigenvalue weighted by molar-refractivity contribution is -0.119. The molecule has 22 heavy (non-hydrogen) atoms. The van der Waals surface area contributed by atoms with Crippen molar-refractivity contribution in [1.82, 2.24) is 0 Å². The SMILES string of the molecule is CC1(C)CC2(C)CC3=C(C(=O)/C(=N/N)C(C)(C)C3)C(O)(C1)C2. The molecule has 1 saturated carbocycles. The number of ketones is 1. The van der Waals surface area contributed by atoms with Crippen LogP contribution in [0.25, 0.3) is 0 Å². The summed E-state index contributed by atoms with van der Waals surface area (Å²) in [6.07, 6.45) is 4.07. The van der Waals surface area contributed by atoms with Crippen LogP contribution >= 0.6 is 0 Å². The summed E-state index contributed by atoms with van der Waals surface area (Å²) in [7, 11) is 0. The van der Waals surface area contributed by atoms with Crippen LogP contribution in [0.2, 0.25) is 0 Å². The molecule has 3 rings (SSSR count). The van der Waals surface area contributed by atoms with Crippen LogP contribution in [0, 0.1) is 16.2 Å². The van der Waals surface area contributed by atoms with Crippen molar-refractivity contribution in [1.29, 1.82) is 0 Å². The molecule has 0 radical (unpaired) electrons. The number of allylic oxidation sites excluding steroid dienone is 1. The normalized spacial score (nSPS) is 41.5. The summed E-state index contributed by atoms with van der Waals surface area (Å²) in [6.45, 7) is 10.7. The topological polar surface area (TPSA) is 75.7 Å². The highest BCUT2D eigenvalue weighted by molar-refractivity contribution is 6.48. The van der Waals surface area contributed by atoms with Crippen molar-refractivity contribution in [2.45, 2.75) is 72.3 Å². The van der Waals surface area contributed by atoms with Crippen LogP contribution in [0.15, 0.2) is 16.2 Å². The van der Waals surface area contributed by atoms with Crippen LogP contribution in [-0.2, 0) is 4.79 Å². The molecule has 3 N–H and O–H groups in total. The number of hydrazone groups is 1. The Bertz CT molecular complexity index is 615. The molecule has 4 heteroatoms. The number of fused-ring (bicyclic) bond motifs is 3. The standard InChI is InChI=1S/C18H28N2O2/c1-15(2)8-17(5)7-11-6-16(3,4)14(20-19)13(21)12(11)18(22,9-15)10-17/h22H,6-10,19H2,1-5H3/b20-14-. The number of carbonyl (C=O) groups is 1. The number of nitrogens with two attached hydrogens (primary N) is 1. The van der Waals surface area contributed by atoms with Crippen molar-refractivity contribution >= 4 is 11.5 Å². The highest BCUT2D eigenvalue weighted by Crippen LogP contribution is 2.61. The van der Waals surface area contributed by atoms with Gasteiger partial charge >= 0.3 is 0 Å². The van der Waals surface area contributed by atoms with E-state index in [1.54, 1.807) is 0 Å². The van der Waals surface area contributed by atoms with Crippen LogP contribution in [-0.4, -0.2) is 22.2 Å². The minimum atomic E-state index is -1.02. The average molecular weight is 304 g/mol. The lowest BCUT2D eigenvalue weighted by Crippen LogP contribution is -2.56. The Morgan fingerprint density at radius 3 is 2.27 bits per heavy atom. The van der Waals surface area contributed by atoms with E-state index in [2.05, 4.69) is 25.9 Å². The number of Topliss-reactive ketones (excluding diaryl/α,β-unsaturated/α-hetero) is 1. The van der Waals surface area contributed by atoms with Gasteiger partial charge in [-0.1, -0.05) is 40.2 Å². The van der Waals surface area contributed by atoms with Crippen LogP contribution in [0.1, 0.15) is 66.7 Å². The zero-order valence-electron chi connectivity index (χ0n) is 14.4. The minimum Gasteiger partial charge on any atom is -0.385 e. The number of rotatable bonds is 0. The maximum atomic E-state index is 13.0. The van der Waals surface area contributed by atoms with E-state index in [4.69, 9.17) is 5.84 Å². The van der Waals surface area contributed by atoms with Gasteiger partial charge in [-0.2, -0.15) is 5.10 Å². The van der Waals surface area contributed by atoms with Crippen molar-refractivity contribution in [3.63, 3.8) is 0 Å². The van der Waals surface area contributed by atoms with E-state index in [9.17, 15) is 9.90 Å². The molecule has 0 aromatic heterocycles. The summed E-state index contributed by atoms with van der Waals surface area (Å²) in [5.74, 6) is 5.38. The lowest BCUT2D eigenvalue weighted by Gasteiger charge is -2.57. The molecule has 2 atom stereocenters. The Morgan fingerprint density at radius 1 is 1.05 bits per heavy atom. The van der Waals surface area contributed by atoms with E-state index < -0.39 is 5.60 Å². The number of nitrogens with zero attached hydrogens (tertiary/aromatic N) is 1. The second-order valence-corrected chi connectivity index (χ2v) is 9.56. The Balaban J connectivity index is 2.18. The summed E-state index contributed by atoms with van der Waals surface area (Å²) in [6, 6.07) is 0. The van der Waals surface area contributed by atoms with E-state index in [-0.39, 0.29) is 22.0 Å². The maximum Gasteiger partial charge on any atom is 0.208 e. The Labute approximate surface area is 132 Å². The molecular weight excluding hydrogens is 276 g/mol. The third-order valence-electron chi connectivity index (χ3n) is 5.72. The highest BCUT2D eigenvalue weighted by Gasteiger charge is 2.58. The first kappa shape index (κ1) is 15.7. The van der Waals surface area contributed by atoms with E-state index in [1.165, 1.54) is 0 Å². The molecule has 3 aliphatic carbocycles. The van der Waals surface area contributed by atoms with Crippen molar-refractivity contribution in [2.24, 2.45) is 27.2 Å². The van der Waals surface area contributed by atoms with E-state index >= 15 is 0 Å². The predicted octanol–water partition coefficient (Wildman–Crippen LogP) is 2.95. The Kier molecular flexibility index (Phi) is 3.02. The van der Waals surface area contributed by atoms with Crippen LogP contribution < -0.4 is 5.84 Å². The van der Waals surface area contributed by atoms with Gasteiger partial charge in [0.05, 0.1) is 5.60 Å². The van der Waals surface area contributed by atoms with Gasteiger partial charge in [-0.15, -0.1) is 0 Å². The van der Waals surface area contributed by atoms with Crippen molar-refractivity contribution in [3.8, 4) is 0 Å². The lowest BCUT2D eigenvalue weighted by atomic mass is 9.49. The molecule has 2 bridgehead atoms. The molecule has 2 unspecified atom stereocenters. The molecule has 0 aromatic carbocycles. The van der Waals surface area contributed by atoms with Crippen LogP contribution in [0.5, 0.6) is 0 Å². The molecule has 0 saturated heterocycles. The van der Waals surface area contributed by atoms with Gasteiger partial charge in [-0.05, 0) is 42.9 Å². The monoisotopic (exact) mass is 304 g/mol.